The van der Waals surface area contributed by atoms with Crippen LogP contribution >= 0.6 is 0 Å². The van der Waals surface area contributed by atoms with Crippen LogP contribution < -0.4 is 4.74 Å². The van der Waals surface area contributed by atoms with Crippen LogP contribution in [0.3, 0.4) is 0 Å². The van der Waals surface area contributed by atoms with Crippen molar-refractivity contribution in [3.8, 4) is 5.75 Å². The molecule has 22 heavy (non-hydrogen) atoms. The second-order valence-electron chi connectivity index (χ2n) is 5.78. The van der Waals surface area contributed by atoms with Gasteiger partial charge in [-0.05, 0) is 36.1 Å². The molecule has 0 aromatic heterocycles. The maximum absolute atomic E-state index is 10.3. The quantitative estimate of drug-likeness (QED) is 0.683. The number of allylic oxidation sites excluding steroid dienone is 1. The van der Waals surface area contributed by atoms with E-state index in [0.717, 1.165) is 16.9 Å². The lowest BCUT2D eigenvalue weighted by Crippen LogP contribution is -2.42. The number of nitrogens with zero attached hydrogens (tertiary/aromatic N) is 2. The predicted octanol–water partition coefficient (Wildman–Crippen LogP) is 3.10. The zero-order chi connectivity index (χ0) is 15.7. The monoisotopic (exact) mass is 303 g/mol. The minimum atomic E-state index is -0.645. The van der Waals surface area contributed by atoms with Crippen molar-refractivity contribution < 1.29 is 19.3 Å². The Morgan fingerprint density at radius 1 is 1.41 bits per heavy atom. The summed E-state index contributed by atoms with van der Waals surface area (Å²) in [5.41, 5.74) is 1.76. The molecule has 0 spiro atoms. The van der Waals surface area contributed by atoms with E-state index in [-0.39, 0.29) is 24.2 Å². The Morgan fingerprint density at radius 2 is 2.23 bits per heavy atom. The summed E-state index contributed by atoms with van der Waals surface area (Å²) in [7, 11) is 3.20. The molecule has 0 unspecified atom stereocenters. The highest BCUT2D eigenvalue weighted by Gasteiger charge is 2.52. The van der Waals surface area contributed by atoms with E-state index in [2.05, 4.69) is 4.98 Å². The number of methoxy groups -OCH3 is 2. The smallest absolute Gasteiger partial charge is 0.401 e. The normalized spacial score (nSPS) is 26.3. The molecule has 1 aromatic carbocycles. The van der Waals surface area contributed by atoms with Crippen LogP contribution in [0.15, 0.2) is 29.7 Å². The molecule has 2 atom stereocenters. The zero-order valence-corrected chi connectivity index (χ0v) is 12.7. The molecule has 6 nitrogen and oxygen atoms in total. The summed E-state index contributed by atoms with van der Waals surface area (Å²) in [6.45, 7) is 0.137. The Hall–Kier alpha value is -2.10. The molecular formula is C16H19N2O4+. The Kier molecular flexibility index (Phi) is 3.77. The summed E-state index contributed by atoms with van der Waals surface area (Å²) >= 11 is 0. The Labute approximate surface area is 128 Å². The summed E-state index contributed by atoms with van der Waals surface area (Å²) in [6, 6.07) is 5.85. The lowest BCUT2D eigenvalue weighted by molar-refractivity contribution is -0.152. The highest BCUT2D eigenvalue weighted by molar-refractivity contribution is 5.45. The van der Waals surface area contributed by atoms with E-state index >= 15 is 0 Å². The summed E-state index contributed by atoms with van der Waals surface area (Å²) in [6.07, 6.45) is 1.62. The van der Waals surface area contributed by atoms with Crippen LogP contribution in [-0.4, -0.2) is 26.1 Å². The van der Waals surface area contributed by atoms with Gasteiger partial charge in [-0.3, -0.25) is 0 Å². The maximum Gasteiger partial charge on any atom is 0.401 e. The second-order valence-corrected chi connectivity index (χ2v) is 5.78. The molecule has 0 heterocycles. The van der Waals surface area contributed by atoms with E-state index in [1.807, 2.05) is 18.2 Å². The van der Waals surface area contributed by atoms with E-state index in [1.54, 1.807) is 14.2 Å². The minimum Gasteiger partial charge on any atom is -0.505 e. The predicted molar refractivity (Wildman–Crippen MR) is 78.8 cm³/mol. The molecule has 0 aliphatic heterocycles. The van der Waals surface area contributed by atoms with Gasteiger partial charge < -0.3 is 19.3 Å². The average molecular weight is 303 g/mol. The summed E-state index contributed by atoms with van der Waals surface area (Å²) < 4.78 is 16.3. The van der Waals surface area contributed by atoms with Crippen molar-refractivity contribution in [1.82, 2.24) is 0 Å². The van der Waals surface area contributed by atoms with Crippen molar-refractivity contribution in [3.05, 3.63) is 45.8 Å². The lowest BCUT2D eigenvalue weighted by Gasteiger charge is -2.42. The van der Waals surface area contributed by atoms with Crippen LogP contribution in [0.2, 0.25) is 0 Å². The molecule has 6 heteroatoms. The first-order valence-electron chi connectivity index (χ1n) is 7.21. The van der Waals surface area contributed by atoms with Crippen LogP contribution in [-0.2, 0) is 21.5 Å². The van der Waals surface area contributed by atoms with Crippen LogP contribution in [0.5, 0.6) is 5.75 Å². The number of fused-ring (bicyclic) bond motifs is 4. The lowest BCUT2D eigenvalue weighted by atomic mass is 9.67. The molecule has 0 amide bonds. The fraction of sp³-hybridized carbons (Fsp3) is 0.500. The third kappa shape index (κ3) is 2.23. The first-order valence-corrected chi connectivity index (χ1v) is 7.21. The number of ether oxygens (including phenoxy) is 3. The van der Waals surface area contributed by atoms with Crippen molar-refractivity contribution >= 4 is 0 Å². The Morgan fingerprint density at radius 3 is 2.91 bits per heavy atom. The minimum absolute atomic E-state index is 0.129. The number of aliphatic hydroxyl groups excluding tert-OH is 1. The molecule has 0 saturated carbocycles. The van der Waals surface area contributed by atoms with Crippen molar-refractivity contribution in [2.24, 2.45) is 5.92 Å². The molecule has 3 rings (SSSR count). The standard InChI is InChI=1S/C16H18N2O4/c1-20-9-22-16-7-11(15(19)14(8-16)18-17)5-10-6-12(21-2)3-4-13(10)16/h3-4,6,11H,5,7-9H2,1-2H3/p+1/t11-,16-/m1/s1. The number of aliphatic hydroxyl groups is 1. The summed E-state index contributed by atoms with van der Waals surface area (Å²) in [5, 5.41) is 19.5. The van der Waals surface area contributed by atoms with Crippen LogP contribution in [0, 0.1) is 11.3 Å². The van der Waals surface area contributed by atoms with Crippen molar-refractivity contribution in [2.45, 2.75) is 24.9 Å². The van der Waals surface area contributed by atoms with Crippen LogP contribution in [0.25, 0.3) is 4.98 Å². The molecule has 0 radical (unpaired) electrons. The third-order valence-electron chi connectivity index (χ3n) is 4.55. The zero-order valence-electron chi connectivity index (χ0n) is 12.7. The van der Waals surface area contributed by atoms with Gasteiger partial charge in [0.25, 0.3) is 0 Å². The van der Waals surface area contributed by atoms with E-state index in [4.69, 9.17) is 14.2 Å². The van der Waals surface area contributed by atoms with Gasteiger partial charge in [0.05, 0.1) is 13.5 Å². The van der Waals surface area contributed by atoms with E-state index in [1.165, 1.54) is 0 Å². The number of hydrogen-bond donors (Lipinski definition) is 1. The van der Waals surface area contributed by atoms with Crippen molar-refractivity contribution in [2.75, 3.05) is 21.0 Å². The molecule has 2 aliphatic carbocycles. The largest absolute Gasteiger partial charge is 0.505 e. The highest BCUT2D eigenvalue weighted by atomic mass is 16.7. The highest BCUT2D eigenvalue weighted by Crippen LogP contribution is 2.51. The Bertz CT molecular complexity index is 665. The van der Waals surface area contributed by atoms with Gasteiger partial charge in [0.2, 0.25) is 5.39 Å². The molecule has 2 aliphatic rings. The van der Waals surface area contributed by atoms with Gasteiger partial charge in [0, 0.05) is 13.0 Å². The van der Waals surface area contributed by atoms with Gasteiger partial charge in [-0.25, -0.2) is 0 Å². The van der Waals surface area contributed by atoms with Gasteiger partial charge in [-0.2, -0.15) is 0 Å². The van der Waals surface area contributed by atoms with Gasteiger partial charge in [-0.15, -0.1) is 0 Å². The van der Waals surface area contributed by atoms with Crippen molar-refractivity contribution in [1.29, 1.82) is 5.39 Å². The van der Waals surface area contributed by atoms with E-state index in [9.17, 15) is 10.5 Å². The molecule has 0 saturated heterocycles. The van der Waals surface area contributed by atoms with Crippen molar-refractivity contribution in [3.63, 3.8) is 0 Å². The van der Waals surface area contributed by atoms with Gasteiger partial charge >= 0.3 is 5.70 Å². The summed E-state index contributed by atoms with van der Waals surface area (Å²) in [4.78, 5) is 3.25. The second kappa shape index (κ2) is 5.59. The maximum atomic E-state index is 10.3. The number of hydrogen-bond acceptors (Lipinski definition) is 5. The van der Waals surface area contributed by atoms with Gasteiger partial charge in [0.1, 0.15) is 18.1 Å². The topological polar surface area (TPSA) is 76.1 Å². The van der Waals surface area contributed by atoms with E-state index in [0.29, 0.717) is 19.3 Å². The molecular weight excluding hydrogens is 284 g/mol. The number of diazo groups is 1. The van der Waals surface area contributed by atoms with Crippen LogP contribution in [0.4, 0.5) is 0 Å². The molecule has 2 bridgehead atoms. The number of rotatable bonds is 4. The molecule has 0 fully saturated rings. The number of benzene rings is 1. The van der Waals surface area contributed by atoms with Crippen LogP contribution in [0.1, 0.15) is 24.0 Å². The first kappa shape index (κ1) is 14.8. The third-order valence-corrected chi connectivity index (χ3v) is 4.55. The average Bonchev–Trinajstić information content (AvgIpc) is 2.55. The SMILES string of the molecule is COCO[C@]12CC([N+]#N)=C(O)[C@H](Cc3cc(OC)ccc31)C2. The fourth-order valence-electron chi connectivity index (χ4n) is 3.56. The molecule has 1 aromatic rings. The first-order chi connectivity index (χ1) is 10.6. The Balaban J connectivity index is 2.10. The van der Waals surface area contributed by atoms with Gasteiger partial charge in [0.15, 0.2) is 10.7 Å². The molecule has 116 valence electrons. The molecule has 1 N–H and O–H groups in total. The van der Waals surface area contributed by atoms with Gasteiger partial charge in [-0.1, -0.05) is 6.07 Å². The fourth-order valence-corrected chi connectivity index (χ4v) is 3.56. The summed E-state index contributed by atoms with van der Waals surface area (Å²) in [5.74, 6) is 0.792. The van der Waals surface area contributed by atoms with E-state index < -0.39 is 5.60 Å².